The number of hydrogen-bond acceptors (Lipinski definition) is 24. The minimum Gasteiger partial charge on any atom is -1.00 e. The fraction of sp³-hybridized carbons (Fsp3) is 0.195. The highest BCUT2D eigenvalue weighted by Crippen LogP contribution is 2.45. The Labute approximate surface area is 653 Å². The van der Waals surface area contributed by atoms with Crippen molar-refractivity contribution in [3.8, 4) is 109 Å². The second-order valence-electron chi connectivity index (χ2n) is 26.5. The molecule has 0 fully saturated rings. The van der Waals surface area contributed by atoms with Gasteiger partial charge in [0, 0.05) is 100 Å². The van der Waals surface area contributed by atoms with Crippen molar-refractivity contribution in [3.05, 3.63) is 250 Å². The van der Waals surface area contributed by atoms with Crippen molar-refractivity contribution in [2.45, 2.75) is 85.0 Å². The number of phenolic OH excluding ortho intramolecular Hbond substituents is 8. The summed E-state index contributed by atoms with van der Waals surface area (Å²) in [4.78, 5) is 81.5. The number of aryl methyl sites for hydroxylation is 2. The second-order valence-corrected chi connectivity index (χ2v) is 26.5. The maximum Gasteiger partial charge on any atom is 0.367 e. The van der Waals surface area contributed by atoms with Crippen LogP contribution in [0.3, 0.4) is 0 Å². The summed E-state index contributed by atoms with van der Waals surface area (Å²) in [6, 6.07) is 50.9. The molecule has 0 aliphatic carbocycles. The fourth-order valence-corrected chi connectivity index (χ4v) is 13.0. The maximum atomic E-state index is 13.0. The Morgan fingerprint density at radius 1 is 0.363 bits per heavy atom. The molecule has 582 valence electrons. The number of Topliss-reactive ketones (excluding diaryl/α,β-unsaturated/α-hetero) is 2. The largest absolute Gasteiger partial charge is 1.00 e. The zero-order valence-electron chi connectivity index (χ0n) is 61.9. The number of rotatable bonds is 10. The molecule has 113 heavy (non-hydrogen) atoms. The van der Waals surface area contributed by atoms with Gasteiger partial charge in [-0.1, -0.05) is 60.7 Å². The fourth-order valence-electron chi connectivity index (χ4n) is 13.0. The molecule has 0 saturated carbocycles. The second kappa shape index (κ2) is 36.1. The third-order valence-corrected chi connectivity index (χ3v) is 18.1. The van der Waals surface area contributed by atoms with Crippen molar-refractivity contribution in [1.29, 1.82) is 0 Å². The highest BCUT2D eigenvalue weighted by molar-refractivity contribution is 6.06. The maximum absolute atomic E-state index is 13.0. The Balaban J connectivity index is 0.000000151. The van der Waals surface area contributed by atoms with E-state index in [4.69, 9.17) is 47.0 Å². The zero-order chi connectivity index (χ0) is 80.2. The summed E-state index contributed by atoms with van der Waals surface area (Å²) in [6.45, 7) is 11.5. The van der Waals surface area contributed by atoms with E-state index in [1.807, 2.05) is 24.3 Å². The number of carbonyl (C=O) groups is 7. The molecule has 0 spiro atoms. The van der Waals surface area contributed by atoms with E-state index in [1.165, 1.54) is 77.3 Å². The number of carbonyl (C=O) groups excluding carboxylic acids is 7. The van der Waals surface area contributed by atoms with Crippen LogP contribution in [0.25, 0.3) is 22.1 Å². The van der Waals surface area contributed by atoms with Crippen LogP contribution in [-0.2, 0) is 36.8 Å². The lowest BCUT2D eigenvalue weighted by atomic mass is 9.87. The molecule has 11 aromatic rings. The minimum atomic E-state index is -0.477. The molecule has 4 unspecified atom stereocenters. The first kappa shape index (κ1) is 81.7. The van der Waals surface area contributed by atoms with E-state index in [-0.39, 0.29) is 113 Å². The molecule has 0 saturated heterocycles. The van der Waals surface area contributed by atoms with Crippen LogP contribution in [-0.4, -0.2) is 109 Å². The van der Waals surface area contributed by atoms with Crippen LogP contribution < -0.4 is 55.0 Å². The zero-order valence-corrected chi connectivity index (χ0v) is 62.7. The predicted molar refractivity (Wildman–Crippen MR) is 406 cm³/mol. The third kappa shape index (κ3) is 20.8. The van der Waals surface area contributed by atoms with E-state index in [1.54, 1.807) is 141 Å². The summed E-state index contributed by atoms with van der Waals surface area (Å²) in [5.41, 5.74) is 9.51. The molecule has 0 radical (unpaired) electrons. The number of halogens is 1. The van der Waals surface area contributed by atoms with Crippen molar-refractivity contribution in [2.24, 2.45) is 0 Å². The number of benzene rings is 10. The van der Waals surface area contributed by atoms with Gasteiger partial charge in [-0.15, -0.1) is 0 Å². The third-order valence-electron chi connectivity index (χ3n) is 18.1. The van der Waals surface area contributed by atoms with Gasteiger partial charge < -0.3 is 95.9 Å². The van der Waals surface area contributed by atoms with E-state index in [0.29, 0.717) is 111 Å². The highest BCUT2D eigenvalue weighted by Gasteiger charge is 2.35. The van der Waals surface area contributed by atoms with Gasteiger partial charge in [0.25, 0.3) is 0 Å². The van der Waals surface area contributed by atoms with Crippen molar-refractivity contribution in [3.63, 3.8) is 0 Å². The molecule has 5 heterocycles. The van der Waals surface area contributed by atoms with E-state index in [2.05, 4.69) is 0 Å². The molecule has 25 nitrogen and oxygen atoms in total. The Bertz CT molecular complexity index is 5370. The molecular weight excluding hydrogens is 1480 g/mol. The van der Waals surface area contributed by atoms with Crippen LogP contribution in [0.5, 0.6) is 97.7 Å². The molecule has 0 amide bonds. The summed E-state index contributed by atoms with van der Waals surface area (Å²) < 4.78 is 53.8. The van der Waals surface area contributed by atoms with Gasteiger partial charge in [-0.3, -0.25) is 33.6 Å². The first-order valence-corrected chi connectivity index (χ1v) is 35.1. The van der Waals surface area contributed by atoms with Gasteiger partial charge in [-0.2, -0.15) is 0 Å². The minimum absolute atomic E-state index is 0. The van der Waals surface area contributed by atoms with Crippen molar-refractivity contribution in [1.82, 2.24) is 0 Å². The molecule has 4 aliphatic heterocycles. The highest BCUT2D eigenvalue weighted by atomic mass is 35.5. The number of phenols is 8. The number of hydrogen-bond donors (Lipinski definition) is 8. The Hall–Kier alpha value is -13.8. The number of fused-ring (bicyclic) bond motifs is 5. The van der Waals surface area contributed by atoms with Gasteiger partial charge in [0.1, 0.15) is 116 Å². The van der Waals surface area contributed by atoms with Gasteiger partial charge in [0.15, 0.2) is 11.6 Å². The van der Waals surface area contributed by atoms with Gasteiger partial charge >= 0.3 is 41.7 Å². The van der Waals surface area contributed by atoms with Crippen LogP contribution in [0.4, 0.5) is 0 Å². The number of ether oxygens (including phenoxy) is 9. The molecule has 8 N–H and O–H groups in total. The van der Waals surface area contributed by atoms with Gasteiger partial charge in [-0.25, -0.2) is 4.42 Å². The molecular formula is C87H77ClO25. The van der Waals surface area contributed by atoms with E-state index >= 15 is 0 Å². The summed E-state index contributed by atoms with van der Waals surface area (Å²) in [5, 5.41) is 76.4. The van der Waals surface area contributed by atoms with Crippen LogP contribution in [0, 0.1) is 13.8 Å². The first-order valence-electron chi connectivity index (χ1n) is 35.1. The monoisotopic (exact) mass is 1560 g/mol. The Morgan fingerprint density at radius 3 is 1.26 bits per heavy atom. The lowest BCUT2D eigenvalue weighted by Gasteiger charge is -2.27. The smallest absolute Gasteiger partial charge is 0.367 e. The molecule has 10 aromatic carbocycles. The summed E-state index contributed by atoms with van der Waals surface area (Å²) >= 11 is 0. The SMILES string of the molecule is CC(=O)Oc1ccc(C2COc3cc(OC(C)=O)cc(C)c3C2=O)cc1.CC(=O)Oc1ccc(C2COc3cc(OC(C)=O)cc(OC(C)=O)c3C2)cc1.Cc1cc(O)cc2c1C(=O)C(c1ccc(O)cc1)CO2.Oc1ccc(-c2c[o+]c3cc(O)cc(O)c3c2)cc1.Oc1ccc(C2COc3cc(O)cc(O)c3C2)cc1.[Cl-]. The van der Waals surface area contributed by atoms with Crippen LogP contribution in [0.1, 0.15) is 124 Å². The Kier molecular flexibility index (Phi) is 26.1. The molecule has 4 atom stereocenters. The van der Waals surface area contributed by atoms with Crippen molar-refractivity contribution in [2.75, 3.05) is 26.4 Å². The average Bonchev–Trinajstić information content (AvgIpc) is 0.786. The molecule has 0 bridgehead atoms. The normalized spacial score (nSPS) is 15.2. The quantitative estimate of drug-likeness (QED) is 0.0358. The number of aromatic hydroxyl groups is 8. The number of ketones is 2. The van der Waals surface area contributed by atoms with E-state index in [9.17, 15) is 74.4 Å². The summed E-state index contributed by atoms with van der Waals surface area (Å²) in [7, 11) is 0. The van der Waals surface area contributed by atoms with Gasteiger partial charge in [-0.05, 0) is 144 Å². The average molecular weight is 1560 g/mol. The van der Waals surface area contributed by atoms with Crippen molar-refractivity contribution >= 4 is 52.4 Å². The predicted octanol–water partition coefficient (Wildman–Crippen LogP) is 12.2. The topological polar surface area (TPSA) is 376 Å². The van der Waals surface area contributed by atoms with Crippen molar-refractivity contribution < 1.29 is 134 Å². The lowest BCUT2D eigenvalue weighted by Crippen LogP contribution is -3.00. The van der Waals surface area contributed by atoms with E-state index in [0.717, 1.165) is 38.9 Å². The molecule has 26 heteroatoms. The van der Waals surface area contributed by atoms with Crippen LogP contribution in [0.15, 0.2) is 199 Å². The molecule has 4 aliphatic rings. The number of esters is 5. The summed E-state index contributed by atoms with van der Waals surface area (Å²) in [6.07, 6.45) is 2.75. The van der Waals surface area contributed by atoms with Crippen LogP contribution >= 0.6 is 0 Å². The molecule has 1 aromatic heterocycles. The lowest BCUT2D eigenvalue weighted by molar-refractivity contribution is -0.133. The first-order chi connectivity index (χ1) is 53.5. The van der Waals surface area contributed by atoms with E-state index < -0.39 is 29.8 Å². The molecule has 15 rings (SSSR count). The van der Waals surface area contributed by atoms with Gasteiger partial charge in [0.2, 0.25) is 0 Å². The van der Waals surface area contributed by atoms with Crippen LogP contribution in [0.2, 0.25) is 0 Å². The summed E-state index contributed by atoms with van der Waals surface area (Å²) in [5.74, 6) is 1.43. The Morgan fingerprint density at radius 2 is 0.743 bits per heavy atom. The van der Waals surface area contributed by atoms with Gasteiger partial charge in [0.05, 0.1) is 47.8 Å². The standard InChI is InChI=1S/C21H20O7.C20H18O6.C16H14O4.C15H14O4.C15H10O4.ClH/c1-12(22)26-17-6-4-15(5-7-17)16-8-19-20(25-11-16)9-18(27-13(2)23)10-21(19)28-14(3)24;1-11-8-16(26-13(3)22)9-18-19(11)20(23)17(10-24-18)14-4-6-15(7-5-14)25-12(2)21;1-9-6-12(18)7-14-15(9)16(19)13(8-20-14)10-2-4-11(17)5-3-10;2*16-11-3-1-9(2-4-11)10-5-13-14(18)6-12(17)7-15(13)19-8-10;/h4-7,9-10,16H,8,11H2,1-3H3;4-9,17H,10H2,1-3H3;2-7,13,17-18H,8H2,1H3;1-4,6-7,10,16-18H,5,8H2;1-8H,(H2-,16,17,18);1H.